The molecule has 0 spiro atoms. The lowest BCUT2D eigenvalue weighted by atomic mass is 10.5. The first-order valence-corrected chi connectivity index (χ1v) is 3.73. The molecule has 6 N–H and O–H groups in total. The predicted octanol–water partition coefficient (Wildman–Crippen LogP) is -2.47. The topological polar surface area (TPSA) is 115 Å². The predicted molar refractivity (Wildman–Crippen MR) is 48.7 cm³/mol. The number of nitrogens with one attached hydrogen (secondary N) is 2. The highest BCUT2D eigenvalue weighted by molar-refractivity contribution is 5.83. The third kappa shape index (κ3) is 7.04. The number of methoxy groups -OCH3 is 1. The number of hydrazine groups is 1. The second kappa shape index (κ2) is 7.32. The van der Waals surface area contributed by atoms with Gasteiger partial charge in [-0.3, -0.25) is 10.2 Å². The first-order valence-electron chi connectivity index (χ1n) is 3.73. The molecule has 0 aliphatic rings. The average molecular weight is 189 g/mol. The van der Waals surface area contributed by atoms with E-state index in [1.54, 1.807) is 7.11 Å². The summed E-state index contributed by atoms with van der Waals surface area (Å²) in [7, 11) is 1.56. The monoisotopic (exact) mass is 189 g/mol. The maximum absolute atomic E-state index is 10.9. The second-order valence-electron chi connectivity index (χ2n) is 2.19. The van der Waals surface area contributed by atoms with E-state index in [1.807, 2.05) is 0 Å². The molecule has 0 saturated heterocycles. The molecule has 0 aliphatic carbocycles. The van der Waals surface area contributed by atoms with E-state index in [-0.39, 0.29) is 18.4 Å². The minimum absolute atomic E-state index is 0.0295. The number of carbonyl (C=O) groups is 1. The van der Waals surface area contributed by atoms with Crippen LogP contribution >= 0.6 is 0 Å². The fourth-order valence-electron chi connectivity index (χ4n) is 0.551. The van der Waals surface area contributed by atoms with Gasteiger partial charge >= 0.3 is 0 Å². The number of rotatable bonds is 5. The third-order valence-electron chi connectivity index (χ3n) is 1.17. The standard InChI is InChI=1S/C6H15N5O2/c1-13-3-2-9-5(12)4-10-6(7)11-8/h2-4,8H2,1H3,(H,9,12)(H3,7,10,11). The number of hydrogen-bond acceptors (Lipinski definition) is 4. The van der Waals surface area contributed by atoms with Crippen molar-refractivity contribution < 1.29 is 9.53 Å². The van der Waals surface area contributed by atoms with E-state index in [4.69, 9.17) is 16.3 Å². The second-order valence-corrected chi connectivity index (χ2v) is 2.19. The van der Waals surface area contributed by atoms with Gasteiger partial charge in [-0.15, -0.1) is 0 Å². The van der Waals surface area contributed by atoms with Gasteiger partial charge in [-0.2, -0.15) is 0 Å². The molecular formula is C6H15N5O2. The van der Waals surface area contributed by atoms with Gasteiger partial charge in [0.25, 0.3) is 0 Å². The summed E-state index contributed by atoms with van der Waals surface area (Å²) in [5.74, 6) is 4.73. The molecule has 7 heteroatoms. The van der Waals surface area contributed by atoms with Gasteiger partial charge in [0.15, 0.2) is 0 Å². The van der Waals surface area contributed by atoms with Crippen LogP contribution in [0.1, 0.15) is 0 Å². The van der Waals surface area contributed by atoms with Crippen LogP contribution in [0.15, 0.2) is 4.99 Å². The van der Waals surface area contributed by atoms with E-state index >= 15 is 0 Å². The molecule has 0 aromatic rings. The maximum Gasteiger partial charge on any atom is 0.241 e. The number of carbonyl (C=O) groups excluding carboxylic acids is 1. The highest BCUT2D eigenvalue weighted by Crippen LogP contribution is 1.71. The molecule has 0 aromatic heterocycles. The minimum atomic E-state index is -0.227. The molecule has 0 aromatic carbocycles. The number of nitrogens with two attached hydrogens (primary N) is 2. The van der Waals surface area contributed by atoms with E-state index in [1.165, 1.54) is 0 Å². The number of amides is 1. The van der Waals surface area contributed by atoms with Crippen LogP contribution in [0.25, 0.3) is 0 Å². The van der Waals surface area contributed by atoms with Gasteiger partial charge in [-0.25, -0.2) is 10.8 Å². The average Bonchev–Trinajstić information content (AvgIpc) is 2.14. The Morgan fingerprint density at radius 1 is 1.62 bits per heavy atom. The summed E-state index contributed by atoms with van der Waals surface area (Å²) < 4.78 is 4.73. The highest BCUT2D eigenvalue weighted by atomic mass is 16.5. The van der Waals surface area contributed by atoms with E-state index in [2.05, 4.69) is 15.7 Å². The molecule has 13 heavy (non-hydrogen) atoms. The van der Waals surface area contributed by atoms with Gasteiger partial charge < -0.3 is 15.8 Å². The first kappa shape index (κ1) is 11.7. The van der Waals surface area contributed by atoms with Crippen LogP contribution in [-0.2, 0) is 9.53 Å². The molecule has 0 bridgehead atoms. The molecule has 0 unspecified atom stereocenters. The van der Waals surface area contributed by atoms with Crippen LogP contribution in [0.4, 0.5) is 0 Å². The maximum atomic E-state index is 10.9. The van der Waals surface area contributed by atoms with Crippen molar-refractivity contribution in [3.63, 3.8) is 0 Å². The molecule has 1 amide bonds. The summed E-state index contributed by atoms with van der Waals surface area (Å²) in [5, 5.41) is 2.57. The Morgan fingerprint density at radius 3 is 2.85 bits per heavy atom. The van der Waals surface area contributed by atoms with Crippen molar-refractivity contribution in [2.24, 2.45) is 16.6 Å². The van der Waals surface area contributed by atoms with Crippen LogP contribution in [-0.4, -0.2) is 38.7 Å². The number of aliphatic imine (C=N–C) groups is 1. The molecule has 0 saturated carbocycles. The molecule has 7 nitrogen and oxygen atoms in total. The summed E-state index contributed by atoms with van der Waals surface area (Å²) in [6.07, 6.45) is 0. The Labute approximate surface area is 76.5 Å². The Morgan fingerprint density at radius 2 is 2.31 bits per heavy atom. The van der Waals surface area contributed by atoms with Crippen molar-refractivity contribution in [2.75, 3.05) is 26.8 Å². The van der Waals surface area contributed by atoms with Gasteiger partial charge in [0.05, 0.1) is 6.61 Å². The molecule has 0 radical (unpaired) electrons. The zero-order valence-corrected chi connectivity index (χ0v) is 7.54. The van der Waals surface area contributed by atoms with Gasteiger partial charge in [0.2, 0.25) is 11.9 Å². The lowest BCUT2D eigenvalue weighted by molar-refractivity contribution is -0.119. The lowest BCUT2D eigenvalue weighted by Crippen LogP contribution is -2.38. The van der Waals surface area contributed by atoms with Crippen LogP contribution in [0.3, 0.4) is 0 Å². The summed E-state index contributed by atoms with van der Waals surface area (Å²) in [4.78, 5) is 14.6. The van der Waals surface area contributed by atoms with Crippen molar-refractivity contribution >= 4 is 11.9 Å². The molecule has 0 atom stereocenters. The van der Waals surface area contributed by atoms with Crippen molar-refractivity contribution in [2.45, 2.75) is 0 Å². The van der Waals surface area contributed by atoms with Gasteiger partial charge in [0.1, 0.15) is 6.54 Å². The lowest BCUT2D eigenvalue weighted by Gasteiger charge is -2.02. The number of nitrogens with zero attached hydrogens (tertiary/aromatic N) is 1. The zero-order chi connectivity index (χ0) is 10.1. The third-order valence-corrected chi connectivity index (χ3v) is 1.17. The molecule has 0 rings (SSSR count). The van der Waals surface area contributed by atoms with Crippen molar-refractivity contribution in [3.8, 4) is 0 Å². The summed E-state index contributed by atoms with van der Waals surface area (Å²) in [6.45, 7) is 0.890. The molecule has 0 fully saturated rings. The van der Waals surface area contributed by atoms with E-state index < -0.39 is 0 Å². The van der Waals surface area contributed by atoms with Gasteiger partial charge in [-0.05, 0) is 0 Å². The van der Waals surface area contributed by atoms with Gasteiger partial charge in [-0.1, -0.05) is 0 Å². The Hall–Kier alpha value is -1.34. The molecule has 0 aliphatic heterocycles. The molecular weight excluding hydrogens is 174 g/mol. The Kier molecular flexibility index (Phi) is 6.56. The summed E-state index contributed by atoms with van der Waals surface area (Å²) >= 11 is 0. The highest BCUT2D eigenvalue weighted by Gasteiger charge is 1.97. The molecule has 76 valence electrons. The van der Waals surface area contributed by atoms with Crippen molar-refractivity contribution in [1.82, 2.24) is 10.7 Å². The quantitative estimate of drug-likeness (QED) is 0.126. The normalized spacial score (nSPS) is 11.1. The fraction of sp³-hybridized carbons (Fsp3) is 0.667. The van der Waals surface area contributed by atoms with Gasteiger partial charge in [0, 0.05) is 13.7 Å². The van der Waals surface area contributed by atoms with E-state index in [0.717, 1.165) is 0 Å². The number of guanidine groups is 1. The minimum Gasteiger partial charge on any atom is -0.383 e. The number of hydrogen-bond donors (Lipinski definition) is 4. The molecule has 0 heterocycles. The van der Waals surface area contributed by atoms with Crippen molar-refractivity contribution in [1.29, 1.82) is 0 Å². The zero-order valence-electron chi connectivity index (χ0n) is 7.54. The Bertz CT molecular complexity index is 182. The van der Waals surface area contributed by atoms with E-state index in [9.17, 15) is 4.79 Å². The van der Waals surface area contributed by atoms with Crippen LogP contribution in [0.2, 0.25) is 0 Å². The first-order chi connectivity index (χ1) is 6.20. The van der Waals surface area contributed by atoms with E-state index in [0.29, 0.717) is 13.2 Å². The van der Waals surface area contributed by atoms with Crippen LogP contribution in [0, 0.1) is 0 Å². The summed E-state index contributed by atoms with van der Waals surface area (Å²) in [6, 6.07) is 0. The number of ether oxygens (including phenoxy) is 1. The largest absolute Gasteiger partial charge is 0.383 e. The van der Waals surface area contributed by atoms with Crippen LogP contribution < -0.4 is 22.3 Å². The smallest absolute Gasteiger partial charge is 0.241 e. The SMILES string of the molecule is COCCNC(=O)CN=C(N)NN. The fourth-order valence-corrected chi connectivity index (χ4v) is 0.551. The summed E-state index contributed by atoms with van der Waals surface area (Å²) in [5.41, 5.74) is 7.30. The van der Waals surface area contributed by atoms with Crippen LogP contribution in [0.5, 0.6) is 0 Å². The van der Waals surface area contributed by atoms with Crippen molar-refractivity contribution in [3.05, 3.63) is 0 Å². The Balaban J connectivity index is 3.51.